The van der Waals surface area contributed by atoms with Crippen molar-refractivity contribution in [1.82, 2.24) is 25.5 Å². The van der Waals surface area contributed by atoms with Crippen LogP contribution in [-0.4, -0.2) is 52.0 Å². The van der Waals surface area contributed by atoms with Crippen molar-refractivity contribution in [3.05, 3.63) is 41.5 Å². The molecule has 0 spiro atoms. The lowest BCUT2D eigenvalue weighted by Crippen LogP contribution is -2.59. The van der Waals surface area contributed by atoms with Crippen molar-refractivity contribution in [2.75, 3.05) is 25.0 Å². The maximum atomic E-state index is 14.4. The van der Waals surface area contributed by atoms with Gasteiger partial charge >= 0.3 is 0 Å². The van der Waals surface area contributed by atoms with Gasteiger partial charge in [-0.2, -0.15) is 5.26 Å². The zero-order valence-electron chi connectivity index (χ0n) is 17.2. The fraction of sp³-hybridized carbons (Fsp3) is 0.524. The topological polar surface area (TPSA) is 106 Å². The van der Waals surface area contributed by atoms with E-state index in [1.807, 2.05) is 19.9 Å². The molecule has 0 radical (unpaired) electrons. The molecule has 30 heavy (non-hydrogen) atoms. The van der Waals surface area contributed by atoms with Crippen molar-refractivity contribution in [3.63, 3.8) is 0 Å². The Bertz CT molecular complexity index is 936. The zero-order chi connectivity index (χ0) is 21.3. The lowest BCUT2D eigenvalue weighted by molar-refractivity contribution is -0.131. The Hall–Kier alpha value is -2.99. The molecule has 2 aliphatic heterocycles. The highest BCUT2D eigenvalue weighted by Crippen LogP contribution is 2.44. The lowest BCUT2D eigenvalue weighted by Gasteiger charge is -2.45. The molecule has 1 amide bonds. The molecule has 3 heterocycles. The molecule has 158 valence electrons. The van der Waals surface area contributed by atoms with Crippen LogP contribution in [0.1, 0.15) is 38.9 Å². The van der Waals surface area contributed by atoms with Crippen molar-refractivity contribution in [1.29, 1.82) is 5.26 Å². The third-order valence-corrected chi connectivity index (χ3v) is 6.29. The van der Waals surface area contributed by atoms with Crippen molar-refractivity contribution in [3.8, 4) is 6.07 Å². The maximum Gasteiger partial charge on any atom is 0.245 e. The van der Waals surface area contributed by atoms with Gasteiger partial charge in [0.15, 0.2) is 0 Å². The molecule has 1 aliphatic carbocycles. The number of piperidine rings is 1. The molecule has 9 heteroatoms. The molecule has 8 nitrogen and oxygen atoms in total. The van der Waals surface area contributed by atoms with Gasteiger partial charge in [-0.1, -0.05) is 0 Å². The van der Waals surface area contributed by atoms with Gasteiger partial charge in [0.25, 0.3) is 0 Å². The number of allylic oxidation sites excluding steroid dienone is 2. The van der Waals surface area contributed by atoms with Crippen molar-refractivity contribution in [2.45, 2.75) is 44.7 Å². The molecule has 4 rings (SSSR count). The first-order chi connectivity index (χ1) is 14.5. The number of carbonyl (C=O) groups excluding carboxylic acids is 1. The SMILES string of the molecule is CCNC1=C2NC(=O)C(C)(N3CCC[C@@H](Nc4cnc(C#N)nc4)C3)C2CC(F)=C1. The van der Waals surface area contributed by atoms with Crippen LogP contribution in [0.25, 0.3) is 0 Å². The van der Waals surface area contributed by atoms with E-state index in [0.717, 1.165) is 30.8 Å². The van der Waals surface area contributed by atoms with E-state index in [4.69, 9.17) is 5.26 Å². The Labute approximate surface area is 175 Å². The number of rotatable bonds is 5. The monoisotopic (exact) mass is 411 g/mol. The van der Waals surface area contributed by atoms with Gasteiger partial charge in [-0.05, 0) is 39.3 Å². The number of hydrogen-bond donors (Lipinski definition) is 3. The number of nitriles is 1. The quantitative estimate of drug-likeness (QED) is 0.678. The minimum absolute atomic E-state index is 0.0802. The first kappa shape index (κ1) is 20.3. The summed E-state index contributed by atoms with van der Waals surface area (Å²) in [6, 6.07) is 2.01. The molecule has 1 aromatic rings. The molecule has 3 aliphatic rings. The number of likely N-dealkylation sites (tertiary alicyclic amines) is 1. The van der Waals surface area contributed by atoms with Gasteiger partial charge in [0.05, 0.1) is 23.8 Å². The lowest BCUT2D eigenvalue weighted by atomic mass is 9.78. The van der Waals surface area contributed by atoms with Crippen LogP contribution in [0, 0.1) is 17.2 Å². The molecular weight excluding hydrogens is 385 g/mol. The Morgan fingerprint density at radius 3 is 2.90 bits per heavy atom. The van der Waals surface area contributed by atoms with Crippen LogP contribution in [0.2, 0.25) is 0 Å². The van der Waals surface area contributed by atoms with Gasteiger partial charge in [-0.15, -0.1) is 0 Å². The second-order valence-electron chi connectivity index (χ2n) is 8.14. The molecule has 0 saturated carbocycles. The number of anilines is 1. The van der Waals surface area contributed by atoms with Crippen LogP contribution in [0.15, 0.2) is 35.7 Å². The Morgan fingerprint density at radius 1 is 1.43 bits per heavy atom. The summed E-state index contributed by atoms with van der Waals surface area (Å²) < 4.78 is 14.4. The standard InChI is InChI=1S/C21H26FN7O/c1-3-24-17-8-13(22)7-16-19(17)28-20(30)21(16,2)29-6-4-5-14(12-29)27-15-10-25-18(9-23)26-11-15/h8,10-11,14,16,24,27H,3-7,12H2,1-2H3,(H,28,30)/t14-,16?,21?/m1/s1. The fourth-order valence-corrected chi connectivity index (χ4v) is 4.73. The van der Waals surface area contributed by atoms with Crippen LogP contribution in [0.3, 0.4) is 0 Å². The highest BCUT2D eigenvalue weighted by molar-refractivity contribution is 5.92. The summed E-state index contributed by atoms with van der Waals surface area (Å²) in [4.78, 5) is 23.3. The zero-order valence-corrected chi connectivity index (χ0v) is 17.2. The predicted octanol–water partition coefficient (Wildman–Crippen LogP) is 1.81. The van der Waals surface area contributed by atoms with Gasteiger partial charge in [-0.3, -0.25) is 9.69 Å². The third kappa shape index (κ3) is 3.52. The third-order valence-electron chi connectivity index (χ3n) is 6.29. The summed E-state index contributed by atoms with van der Waals surface area (Å²) in [5.41, 5.74) is 1.39. The molecule has 3 atom stereocenters. The van der Waals surface area contributed by atoms with E-state index in [-0.39, 0.29) is 35.9 Å². The van der Waals surface area contributed by atoms with E-state index in [0.29, 0.717) is 18.8 Å². The minimum atomic E-state index is -0.816. The number of amides is 1. The van der Waals surface area contributed by atoms with E-state index < -0.39 is 5.54 Å². The Balaban J connectivity index is 1.54. The minimum Gasteiger partial charge on any atom is -0.384 e. The largest absolute Gasteiger partial charge is 0.384 e. The normalized spacial score (nSPS) is 29.0. The van der Waals surface area contributed by atoms with Gasteiger partial charge in [-0.25, -0.2) is 14.4 Å². The van der Waals surface area contributed by atoms with Crippen molar-refractivity contribution >= 4 is 11.6 Å². The van der Waals surface area contributed by atoms with E-state index in [2.05, 4.69) is 30.8 Å². The van der Waals surface area contributed by atoms with Crippen LogP contribution in [0.4, 0.5) is 10.1 Å². The predicted molar refractivity (Wildman–Crippen MR) is 110 cm³/mol. The molecular formula is C21H26FN7O. The Kier molecular flexibility index (Phi) is 5.43. The molecule has 1 aromatic heterocycles. The van der Waals surface area contributed by atoms with Crippen molar-refractivity contribution in [2.24, 2.45) is 5.92 Å². The highest BCUT2D eigenvalue weighted by atomic mass is 19.1. The summed E-state index contributed by atoms with van der Waals surface area (Å²) in [5.74, 6) is -0.405. The van der Waals surface area contributed by atoms with Crippen LogP contribution in [0.5, 0.6) is 0 Å². The van der Waals surface area contributed by atoms with Crippen LogP contribution >= 0.6 is 0 Å². The van der Waals surface area contributed by atoms with Crippen LogP contribution < -0.4 is 16.0 Å². The molecule has 3 N–H and O–H groups in total. The first-order valence-corrected chi connectivity index (χ1v) is 10.3. The smallest absolute Gasteiger partial charge is 0.245 e. The van der Waals surface area contributed by atoms with Crippen molar-refractivity contribution < 1.29 is 9.18 Å². The average molecular weight is 411 g/mol. The summed E-state index contributed by atoms with van der Waals surface area (Å²) in [6.45, 7) is 5.96. The van der Waals surface area contributed by atoms with E-state index in [1.54, 1.807) is 12.4 Å². The maximum absolute atomic E-state index is 14.4. The van der Waals surface area contributed by atoms with Gasteiger partial charge in [0.1, 0.15) is 17.4 Å². The molecule has 2 fully saturated rings. The second kappa shape index (κ2) is 8.03. The summed E-state index contributed by atoms with van der Waals surface area (Å²) in [6.07, 6.45) is 6.77. The van der Waals surface area contributed by atoms with E-state index >= 15 is 0 Å². The number of likely N-dealkylation sites (N-methyl/N-ethyl adjacent to an activating group) is 1. The number of fused-ring (bicyclic) bond motifs is 1. The summed E-state index contributed by atoms with van der Waals surface area (Å²) in [7, 11) is 0. The second-order valence-corrected chi connectivity index (χ2v) is 8.14. The number of nitrogens with one attached hydrogen (secondary N) is 3. The van der Waals surface area contributed by atoms with Gasteiger partial charge in [0, 0.05) is 37.2 Å². The van der Waals surface area contributed by atoms with Gasteiger partial charge < -0.3 is 16.0 Å². The fourth-order valence-electron chi connectivity index (χ4n) is 4.73. The average Bonchev–Trinajstić information content (AvgIpc) is 3.01. The van der Waals surface area contributed by atoms with Crippen LogP contribution in [-0.2, 0) is 4.79 Å². The van der Waals surface area contributed by atoms with E-state index in [9.17, 15) is 9.18 Å². The number of nitrogens with zero attached hydrogens (tertiary/aromatic N) is 4. The molecule has 0 bridgehead atoms. The number of carbonyl (C=O) groups is 1. The van der Waals surface area contributed by atoms with E-state index in [1.165, 1.54) is 6.08 Å². The highest BCUT2D eigenvalue weighted by Gasteiger charge is 2.55. The number of aromatic nitrogens is 2. The molecule has 0 aromatic carbocycles. The molecule has 2 unspecified atom stereocenters. The first-order valence-electron chi connectivity index (χ1n) is 10.3. The summed E-state index contributed by atoms with van der Waals surface area (Å²) >= 11 is 0. The number of halogens is 1. The number of hydrogen-bond acceptors (Lipinski definition) is 7. The molecule has 2 saturated heterocycles. The Morgan fingerprint density at radius 2 is 2.20 bits per heavy atom. The van der Waals surface area contributed by atoms with Gasteiger partial charge in [0.2, 0.25) is 11.7 Å². The summed E-state index contributed by atoms with van der Waals surface area (Å²) in [5, 5.41) is 18.5.